The zero-order valence-corrected chi connectivity index (χ0v) is 17.8. The highest BCUT2D eigenvalue weighted by atomic mass is 32.2. The monoisotopic (exact) mass is 438 g/mol. The van der Waals surface area contributed by atoms with Crippen molar-refractivity contribution in [3.8, 4) is 0 Å². The van der Waals surface area contributed by atoms with Crippen molar-refractivity contribution in [3.63, 3.8) is 0 Å². The van der Waals surface area contributed by atoms with Gasteiger partial charge in [0.25, 0.3) is 5.91 Å². The second kappa shape index (κ2) is 9.32. The molecule has 3 rings (SSSR count). The Bertz CT molecular complexity index is 874. The maximum Gasteiger partial charge on any atom is 0.275 e. The van der Waals surface area contributed by atoms with E-state index in [-0.39, 0.29) is 48.2 Å². The predicted octanol–water partition coefficient (Wildman–Crippen LogP) is -2.04. The summed E-state index contributed by atoms with van der Waals surface area (Å²) in [6.45, 7) is 2.03. The van der Waals surface area contributed by atoms with Crippen LogP contribution in [0.3, 0.4) is 0 Å². The number of nitrogens with two attached hydrogens (primary N) is 2. The molecule has 30 heavy (non-hydrogen) atoms. The van der Waals surface area contributed by atoms with Crippen LogP contribution in [0.5, 0.6) is 0 Å². The topological polar surface area (TPSA) is 151 Å². The fourth-order valence-electron chi connectivity index (χ4n) is 4.79. The van der Waals surface area contributed by atoms with E-state index in [2.05, 4.69) is 0 Å². The van der Waals surface area contributed by atoms with Crippen molar-refractivity contribution in [1.82, 2.24) is 4.31 Å². The van der Waals surface area contributed by atoms with Crippen molar-refractivity contribution in [3.05, 3.63) is 24.3 Å². The number of benzene rings is 1. The molecule has 0 aliphatic carbocycles. The van der Waals surface area contributed by atoms with Gasteiger partial charge in [-0.3, -0.25) is 4.79 Å². The molecule has 1 aromatic rings. The number of carbonyl (C=O) groups excluding carboxylic acids is 2. The standard InChI is InChI=1S/C20H30N4O5S/c21-16-3-5-17(6-4-16)30(28,29)24-11-8-14(12-19(25)26)15(13-24)7-10-23-9-1-2-18(23)20(22)27/h3-6,14-15,18H,1-2,7-13,21H2,(H2,22,27)(H,25,26)/t14-,15-,18-/m0/s1. The molecule has 1 unspecified atom stereocenters. The molecule has 2 fully saturated rings. The lowest BCUT2D eigenvalue weighted by molar-refractivity contribution is -0.903. The zero-order valence-electron chi connectivity index (χ0n) is 17.0. The number of hydrogen-bond acceptors (Lipinski definition) is 6. The summed E-state index contributed by atoms with van der Waals surface area (Å²) >= 11 is 0. The molecule has 0 aromatic heterocycles. The number of carboxylic acids is 1. The molecule has 2 saturated heterocycles. The smallest absolute Gasteiger partial charge is 0.275 e. The number of piperidine rings is 1. The van der Waals surface area contributed by atoms with Crippen LogP contribution >= 0.6 is 0 Å². The Hall–Kier alpha value is -2.17. The summed E-state index contributed by atoms with van der Waals surface area (Å²) in [7, 11) is -3.69. The van der Waals surface area contributed by atoms with E-state index < -0.39 is 16.0 Å². The third-order valence-corrected chi connectivity index (χ3v) is 8.34. The Labute approximate surface area is 177 Å². The van der Waals surface area contributed by atoms with Crippen LogP contribution in [-0.4, -0.2) is 56.8 Å². The molecule has 2 aliphatic heterocycles. The van der Waals surface area contributed by atoms with Crippen molar-refractivity contribution < 1.29 is 28.0 Å². The van der Waals surface area contributed by atoms with Gasteiger partial charge in [-0.2, -0.15) is 4.31 Å². The number of rotatable bonds is 8. The van der Waals surface area contributed by atoms with Crippen molar-refractivity contribution in [1.29, 1.82) is 0 Å². The highest BCUT2D eigenvalue weighted by Gasteiger charge is 2.38. The lowest BCUT2D eigenvalue weighted by atomic mass is 9.82. The second-order valence-corrected chi connectivity index (χ2v) is 10.3. The Morgan fingerprint density at radius 3 is 2.50 bits per heavy atom. The second-order valence-electron chi connectivity index (χ2n) is 8.36. The van der Waals surface area contributed by atoms with Gasteiger partial charge in [-0.25, -0.2) is 8.42 Å². The average Bonchev–Trinajstić information content (AvgIpc) is 3.16. The van der Waals surface area contributed by atoms with Crippen molar-refractivity contribution >= 4 is 27.6 Å². The number of amides is 1. The van der Waals surface area contributed by atoms with Crippen molar-refractivity contribution in [2.45, 2.75) is 43.0 Å². The summed E-state index contributed by atoms with van der Waals surface area (Å²) in [4.78, 5) is 24.2. The van der Waals surface area contributed by atoms with E-state index in [1.54, 1.807) is 12.1 Å². The fourth-order valence-corrected chi connectivity index (χ4v) is 6.30. The Morgan fingerprint density at radius 1 is 1.17 bits per heavy atom. The van der Waals surface area contributed by atoms with Crippen LogP contribution in [0.4, 0.5) is 5.69 Å². The highest BCUT2D eigenvalue weighted by molar-refractivity contribution is 7.89. The number of primary amides is 1. The van der Waals surface area contributed by atoms with Gasteiger partial charge < -0.3 is 26.3 Å². The van der Waals surface area contributed by atoms with Crippen LogP contribution in [0.1, 0.15) is 32.1 Å². The van der Waals surface area contributed by atoms with Gasteiger partial charge in [0.15, 0.2) is 6.04 Å². The number of nitrogen functional groups attached to an aromatic ring is 1. The first-order valence-electron chi connectivity index (χ1n) is 10.4. The number of hydrogen-bond donors (Lipinski definition) is 3. The first-order chi connectivity index (χ1) is 14.2. The highest BCUT2D eigenvalue weighted by Crippen LogP contribution is 2.32. The molecular formula is C20H30N4O5S. The van der Waals surface area contributed by atoms with Gasteiger partial charge in [0.2, 0.25) is 10.0 Å². The summed E-state index contributed by atoms with van der Waals surface area (Å²) in [6.07, 6.45) is 2.68. The maximum atomic E-state index is 13.1. The molecule has 0 radical (unpaired) electrons. The molecule has 5 N–H and O–H groups in total. The van der Waals surface area contributed by atoms with E-state index in [0.717, 1.165) is 24.3 Å². The minimum atomic E-state index is -3.69. The number of anilines is 1. The largest absolute Gasteiger partial charge is 0.550 e. The number of carboxylic acid groups (broad SMARTS) is 1. The van der Waals surface area contributed by atoms with E-state index in [1.807, 2.05) is 0 Å². The molecule has 0 bridgehead atoms. The van der Waals surface area contributed by atoms with Gasteiger partial charge in [-0.05, 0) is 48.9 Å². The number of nitrogens with one attached hydrogen (secondary N) is 1. The molecule has 1 aromatic carbocycles. The van der Waals surface area contributed by atoms with E-state index in [1.165, 1.54) is 16.4 Å². The van der Waals surface area contributed by atoms with Crippen LogP contribution in [0, 0.1) is 11.8 Å². The summed E-state index contributed by atoms with van der Waals surface area (Å²) in [5.41, 5.74) is 11.6. The Balaban J connectivity index is 1.73. The quantitative estimate of drug-likeness (QED) is 0.398. The van der Waals surface area contributed by atoms with E-state index in [0.29, 0.717) is 25.1 Å². The molecule has 2 aliphatic rings. The minimum Gasteiger partial charge on any atom is -0.550 e. The molecule has 0 saturated carbocycles. The molecule has 4 atom stereocenters. The molecule has 166 valence electrons. The van der Waals surface area contributed by atoms with E-state index >= 15 is 0 Å². The third-order valence-electron chi connectivity index (χ3n) is 6.46. The molecular weight excluding hydrogens is 408 g/mol. The summed E-state index contributed by atoms with van der Waals surface area (Å²) < 4.78 is 27.6. The van der Waals surface area contributed by atoms with Gasteiger partial charge in [-0.15, -0.1) is 0 Å². The van der Waals surface area contributed by atoms with E-state index in [9.17, 15) is 23.1 Å². The van der Waals surface area contributed by atoms with E-state index in [4.69, 9.17) is 11.5 Å². The number of likely N-dealkylation sites (tertiary alicyclic amines) is 1. The van der Waals surface area contributed by atoms with Gasteiger partial charge in [0.1, 0.15) is 0 Å². The van der Waals surface area contributed by atoms with Crippen LogP contribution in [0.25, 0.3) is 0 Å². The number of aliphatic carboxylic acids is 1. The molecule has 10 heteroatoms. The minimum absolute atomic E-state index is 0.0883. The first-order valence-corrected chi connectivity index (χ1v) is 11.8. The van der Waals surface area contributed by atoms with Crippen LogP contribution in [-0.2, 0) is 19.6 Å². The molecule has 2 heterocycles. The zero-order chi connectivity index (χ0) is 21.9. The van der Waals surface area contributed by atoms with Gasteiger partial charge in [-0.1, -0.05) is 0 Å². The van der Waals surface area contributed by atoms with Crippen LogP contribution in [0.15, 0.2) is 29.2 Å². The number of nitrogens with zero attached hydrogens (tertiary/aromatic N) is 1. The Morgan fingerprint density at radius 2 is 1.87 bits per heavy atom. The van der Waals surface area contributed by atoms with Crippen LogP contribution in [0.2, 0.25) is 0 Å². The van der Waals surface area contributed by atoms with Crippen LogP contribution < -0.4 is 21.5 Å². The summed E-state index contributed by atoms with van der Waals surface area (Å²) in [6, 6.07) is 5.85. The average molecular weight is 439 g/mol. The van der Waals surface area contributed by atoms with Crippen molar-refractivity contribution in [2.75, 3.05) is 31.9 Å². The third kappa shape index (κ3) is 5.11. The van der Waals surface area contributed by atoms with Gasteiger partial charge in [0, 0.05) is 44.0 Å². The lowest BCUT2D eigenvalue weighted by Gasteiger charge is -2.38. The first kappa shape index (κ1) is 22.5. The normalized spacial score (nSPS) is 27.7. The molecule has 0 spiro atoms. The van der Waals surface area contributed by atoms with Gasteiger partial charge >= 0.3 is 0 Å². The predicted molar refractivity (Wildman–Crippen MR) is 108 cm³/mol. The number of sulfonamides is 1. The molecule has 1 amide bonds. The maximum absolute atomic E-state index is 13.1. The Kier molecular flexibility index (Phi) is 6.99. The number of carbonyl (C=O) groups is 2. The van der Waals surface area contributed by atoms with Gasteiger partial charge in [0.05, 0.1) is 18.0 Å². The summed E-state index contributed by atoms with van der Waals surface area (Å²) in [5, 5.41) is 11.2. The summed E-state index contributed by atoms with van der Waals surface area (Å²) in [5.74, 6) is -1.71. The molecule has 9 nitrogen and oxygen atoms in total. The lowest BCUT2D eigenvalue weighted by Crippen LogP contribution is -3.15. The SMILES string of the molecule is NC(=O)[C@@H]1CCC[NH+]1CC[C@H]1CN(S(=O)(=O)c2ccc(N)cc2)CC[C@H]1CC(=O)[O-]. The number of quaternary nitrogens is 1. The van der Waals surface area contributed by atoms with Crippen molar-refractivity contribution in [2.24, 2.45) is 17.6 Å². The fraction of sp³-hybridized carbons (Fsp3) is 0.600.